The van der Waals surface area contributed by atoms with Gasteiger partial charge in [-0.1, -0.05) is 50.1 Å². The molecule has 0 aliphatic carbocycles. The van der Waals surface area contributed by atoms with Crippen LogP contribution in [0.3, 0.4) is 0 Å². The molecule has 5 aromatic carbocycles. The number of halogens is 4. The first kappa shape index (κ1) is 70.1. The number of piperazine rings is 2. The van der Waals surface area contributed by atoms with E-state index in [2.05, 4.69) is 67.2 Å². The van der Waals surface area contributed by atoms with E-state index in [0.717, 1.165) is 5.69 Å². The van der Waals surface area contributed by atoms with E-state index in [-0.39, 0.29) is 48.5 Å². The van der Waals surface area contributed by atoms with Gasteiger partial charge >= 0.3 is 35.9 Å². The molecular formula is C71H63Br2F2N13O12S2. The number of nitrogens with one attached hydrogen (secondary N) is 2. The third kappa shape index (κ3) is 15.4. The van der Waals surface area contributed by atoms with Crippen LogP contribution < -0.4 is 29.9 Å². The van der Waals surface area contributed by atoms with Gasteiger partial charge in [0.2, 0.25) is 0 Å². The molecule has 0 saturated carbocycles. The van der Waals surface area contributed by atoms with Gasteiger partial charge in [-0.15, -0.1) is 22.7 Å². The molecule has 524 valence electrons. The van der Waals surface area contributed by atoms with E-state index in [1.165, 1.54) is 77.4 Å². The van der Waals surface area contributed by atoms with Gasteiger partial charge in [0.1, 0.15) is 52.5 Å². The molecule has 102 heavy (non-hydrogen) atoms. The summed E-state index contributed by atoms with van der Waals surface area (Å²) in [5.74, 6) is -0.706. The number of carboxylic acid groups (broad SMARTS) is 2. The van der Waals surface area contributed by atoms with Crippen molar-refractivity contribution in [1.29, 1.82) is 0 Å². The maximum absolute atomic E-state index is 14.1. The van der Waals surface area contributed by atoms with E-state index in [4.69, 9.17) is 34.0 Å². The number of esters is 2. The molecule has 4 N–H and O–H groups in total. The molecule has 4 saturated heterocycles. The highest BCUT2D eigenvalue weighted by Gasteiger charge is 2.45. The molecule has 6 aliphatic heterocycles. The second-order valence-corrected chi connectivity index (χ2v) is 27.4. The third-order valence-electron chi connectivity index (χ3n) is 17.5. The number of aromatic carboxylic acids is 2. The quantitative estimate of drug-likeness (QED) is 0.0516. The highest BCUT2D eigenvalue weighted by molar-refractivity contribution is 9.10. The van der Waals surface area contributed by atoms with Crippen LogP contribution in [0.5, 0.6) is 23.0 Å². The van der Waals surface area contributed by atoms with Crippen LogP contribution in [-0.4, -0.2) is 183 Å². The Kier molecular flexibility index (Phi) is 21.2. The lowest BCUT2D eigenvalue weighted by Crippen LogP contribution is -2.53. The lowest BCUT2D eigenvalue weighted by atomic mass is 9.95. The number of benzene rings is 5. The van der Waals surface area contributed by atoms with Crippen molar-refractivity contribution in [2.75, 3.05) is 88.5 Å². The monoisotopic (exact) mass is 1550 g/mol. The van der Waals surface area contributed by atoms with E-state index >= 15 is 0 Å². The molecule has 6 aliphatic rings. The molecule has 0 bridgehead atoms. The van der Waals surface area contributed by atoms with Crippen LogP contribution in [-0.2, 0) is 19.1 Å². The van der Waals surface area contributed by atoms with Gasteiger partial charge in [-0.3, -0.25) is 29.6 Å². The number of fused-ring (bicyclic) bond motifs is 2. The second kappa shape index (κ2) is 30.9. The summed E-state index contributed by atoms with van der Waals surface area (Å²) in [5, 5.41) is 30.1. The van der Waals surface area contributed by atoms with Gasteiger partial charge in [-0.2, -0.15) is 0 Å². The summed E-state index contributed by atoms with van der Waals surface area (Å²) < 4.78 is 51.9. The molecule has 8 aromatic rings. The van der Waals surface area contributed by atoms with Gasteiger partial charge in [0, 0.05) is 108 Å². The van der Waals surface area contributed by atoms with Crippen molar-refractivity contribution in [3.63, 3.8) is 0 Å². The molecule has 14 rings (SSSR count). The summed E-state index contributed by atoms with van der Waals surface area (Å²) >= 11 is 9.76. The summed E-state index contributed by atoms with van der Waals surface area (Å²) in [4.78, 5) is 111. The Hall–Kier alpha value is -10.3. The fourth-order valence-electron chi connectivity index (χ4n) is 12.7. The standard InChI is InChI=1S/C36H32BrFN6O6S.C35H31BrFN7O6S/c1-2-49-35(47)30-29(40-32(33-39-13-16-51-33)41-31(30)27-12-5-22(38)17-28(27)37)20-42-14-15-43-24(18-42)19-44(36(43)48)23-6-10-26(11-7-23)50-25-8-3-21(4-9-25)34(45)46;1-2-49-34(47)29-27(40-31(32-38-10-13-51-32)41-30(29)25-8-6-21(37)15-26(25)36)19-42-11-12-43-22(17-42)18-44(35(43)48)28-9-7-24(16-39-28)50-23-5-3-4-20(14-23)33(45)46/h3-13,16-17,24,31H,2,14-15,18-20H2,1H3,(H,40,41)(H,45,46);3-10,13-16,22,30H,2,11-12,17-19H2,1H3,(H,40,41)(H,45,46)/t24-,31-;22-,30-/m00/s1. The van der Waals surface area contributed by atoms with Gasteiger partial charge in [0.05, 0.1) is 60.3 Å². The normalized spacial score (nSPS) is 19.0. The number of hydrogen-bond acceptors (Lipinski definition) is 21. The minimum Gasteiger partial charge on any atom is -0.478 e. The van der Waals surface area contributed by atoms with E-state index in [0.29, 0.717) is 159 Å². The maximum atomic E-state index is 14.1. The number of pyridine rings is 1. The number of amides is 4. The molecule has 4 amide bonds. The van der Waals surface area contributed by atoms with Crippen molar-refractivity contribution < 1.29 is 66.7 Å². The zero-order chi connectivity index (χ0) is 71.3. The number of carboxylic acids is 2. The Morgan fingerprint density at radius 1 is 0.559 bits per heavy atom. The number of carbonyl (C=O) groups is 6. The average Bonchev–Trinajstić information content (AvgIpc) is 0.979. The molecule has 31 heteroatoms. The summed E-state index contributed by atoms with van der Waals surface area (Å²) in [7, 11) is 0. The summed E-state index contributed by atoms with van der Waals surface area (Å²) in [6.45, 7) is 8.52. The first-order chi connectivity index (χ1) is 49.4. The minimum absolute atomic E-state index is 0.0841. The number of nitrogens with zero attached hydrogens (tertiary/aromatic N) is 11. The highest BCUT2D eigenvalue weighted by atomic mass is 79.9. The topological polar surface area (TPSA) is 287 Å². The molecule has 4 fully saturated rings. The number of rotatable bonds is 20. The molecule has 0 unspecified atom stereocenters. The van der Waals surface area contributed by atoms with Gasteiger partial charge in [-0.25, -0.2) is 52.5 Å². The molecule has 4 atom stereocenters. The van der Waals surface area contributed by atoms with Crippen LogP contribution in [0.2, 0.25) is 0 Å². The zero-order valence-electron chi connectivity index (χ0n) is 54.5. The Balaban J connectivity index is 0.000000182. The van der Waals surface area contributed by atoms with Crippen molar-refractivity contribution in [2.45, 2.75) is 38.0 Å². The second-order valence-electron chi connectivity index (χ2n) is 23.9. The molecule has 9 heterocycles. The maximum Gasteiger partial charge on any atom is 0.338 e. The first-order valence-corrected chi connectivity index (χ1v) is 35.6. The number of carbonyl (C=O) groups excluding carboxylic acids is 4. The molecule has 0 radical (unpaired) electrons. The summed E-state index contributed by atoms with van der Waals surface area (Å²) in [6.07, 6.45) is 4.85. The minimum atomic E-state index is -1.06. The number of aromatic nitrogens is 3. The van der Waals surface area contributed by atoms with E-state index < -0.39 is 47.6 Å². The van der Waals surface area contributed by atoms with Gasteiger partial charge in [0.15, 0.2) is 21.7 Å². The molecule has 0 spiro atoms. The lowest BCUT2D eigenvalue weighted by Gasteiger charge is -2.38. The van der Waals surface area contributed by atoms with E-state index in [9.17, 15) is 42.7 Å². The summed E-state index contributed by atoms with van der Waals surface area (Å²) in [6, 6.07) is 29.4. The number of ether oxygens (including phenoxy) is 4. The van der Waals surface area contributed by atoms with Crippen molar-refractivity contribution >= 4 is 114 Å². The number of amidine groups is 2. The lowest BCUT2D eigenvalue weighted by molar-refractivity contribution is -0.139. The third-order valence-corrected chi connectivity index (χ3v) is 20.4. The zero-order valence-corrected chi connectivity index (χ0v) is 59.3. The van der Waals surface area contributed by atoms with Crippen LogP contribution in [0, 0.1) is 11.6 Å². The van der Waals surface area contributed by atoms with Crippen molar-refractivity contribution in [3.05, 3.63) is 226 Å². The fourth-order valence-corrected chi connectivity index (χ4v) is 15.0. The Bertz CT molecular complexity index is 4650. The molecule has 25 nitrogen and oxygen atoms in total. The number of urea groups is 2. The number of hydrogen-bond donors (Lipinski definition) is 4. The molecule has 3 aromatic heterocycles. The van der Waals surface area contributed by atoms with Crippen molar-refractivity contribution in [3.8, 4) is 23.0 Å². The molecular weight excluding hydrogens is 1490 g/mol. The van der Waals surface area contributed by atoms with E-state index in [1.807, 2.05) is 32.7 Å². The highest BCUT2D eigenvalue weighted by Crippen LogP contribution is 2.41. The average molecular weight is 1550 g/mol. The van der Waals surface area contributed by atoms with Crippen molar-refractivity contribution in [1.82, 2.24) is 45.2 Å². The Labute approximate surface area is 607 Å². The van der Waals surface area contributed by atoms with Crippen LogP contribution in [0.1, 0.15) is 67.8 Å². The number of thiazole rings is 2. The van der Waals surface area contributed by atoms with Crippen LogP contribution in [0.25, 0.3) is 0 Å². The van der Waals surface area contributed by atoms with Gasteiger partial charge in [0.25, 0.3) is 0 Å². The number of anilines is 2. The fraction of sp³-hybridized carbons (Fsp3) is 0.254. The Morgan fingerprint density at radius 3 is 1.52 bits per heavy atom. The predicted octanol–water partition coefficient (Wildman–Crippen LogP) is 11.5. The van der Waals surface area contributed by atoms with Crippen LogP contribution in [0.4, 0.5) is 29.9 Å². The van der Waals surface area contributed by atoms with E-state index in [1.54, 1.807) is 96.7 Å². The predicted molar refractivity (Wildman–Crippen MR) is 382 cm³/mol. The van der Waals surface area contributed by atoms with Crippen molar-refractivity contribution in [2.24, 2.45) is 9.98 Å². The summed E-state index contributed by atoms with van der Waals surface area (Å²) in [5.41, 5.74) is 4.07. The SMILES string of the molecule is CCOC(=O)C1=C(CN2CCN3C(=O)N(c4ccc(Oc5ccc(C(=O)O)cc5)cc4)C[C@@H]3C2)NC(c2nccs2)=N[C@H]1c1ccc(F)cc1Br.CCOC(=O)C1=C(CN2CCN3C(=O)N(c4ccc(Oc5cccc(C(=O)O)c5)cn4)C[C@@H]3C2)NC(c2nccs2)=N[C@H]1c1ccc(F)cc1Br. The number of aliphatic imine (C=N–C) groups is 2. The van der Waals surface area contributed by atoms with Gasteiger partial charge < -0.3 is 49.6 Å². The van der Waals surface area contributed by atoms with Crippen LogP contribution in [0.15, 0.2) is 192 Å². The van der Waals surface area contributed by atoms with Crippen LogP contribution >= 0.6 is 54.5 Å². The van der Waals surface area contributed by atoms with Gasteiger partial charge in [-0.05, 0) is 128 Å². The first-order valence-electron chi connectivity index (χ1n) is 32.3. The smallest absolute Gasteiger partial charge is 0.338 e. The largest absolute Gasteiger partial charge is 0.478 e. The Morgan fingerprint density at radius 2 is 1.05 bits per heavy atom.